The van der Waals surface area contributed by atoms with Gasteiger partial charge in [0.1, 0.15) is 0 Å². The van der Waals surface area contributed by atoms with Crippen LogP contribution in [0.2, 0.25) is 0 Å². The van der Waals surface area contributed by atoms with E-state index in [1.165, 1.54) is 0 Å². The van der Waals surface area contributed by atoms with Crippen LogP contribution in [0, 0.1) is 0 Å². The lowest BCUT2D eigenvalue weighted by Crippen LogP contribution is -2.27. The topological polar surface area (TPSA) is 12.9 Å². The van der Waals surface area contributed by atoms with Gasteiger partial charge in [-0.2, -0.15) is 0 Å². The Morgan fingerprint density at radius 1 is 1.43 bits per heavy atom. The molecule has 0 unspecified atom stereocenters. The Balaban J connectivity index is 0.000000791. The fraction of sp³-hybridized carbons (Fsp3) is 0.308. The predicted molar refractivity (Wildman–Crippen MR) is 64.3 cm³/mol. The molecule has 0 aliphatic carbocycles. The number of allylic oxidation sites excluding steroid dienone is 2. The normalized spacial score (nSPS) is 12.0. The Morgan fingerprint density at radius 3 is 2.57 bits per heavy atom. The van der Waals surface area contributed by atoms with Gasteiger partial charge >= 0.3 is 0 Å². The van der Waals surface area contributed by atoms with Gasteiger partial charge in [0.2, 0.25) is 0 Å². The summed E-state index contributed by atoms with van der Waals surface area (Å²) < 4.78 is 0. The van der Waals surface area contributed by atoms with Crippen LogP contribution in [-0.4, -0.2) is 4.98 Å². The summed E-state index contributed by atoms with van der Waals surface area (Å²) in [6.07, 6.45) is 5.83. The average Bonchev–Trinajstić information content (AvgIpc) is 2.22. The van der Waals surface area contributed by atoms with Crippen molar-refractivity contribution in [2.45, 2.75) is 27.7 Å². The lowest BCUT2D eigenvalue weighted by atomic mass is 10.2. The summed E-state index contributed by atoms with van der Waals surface area (Å²) in [6, 6.07) is 3.87. The predicted octanol–water partition coefficient (Wildman–Crippen LogP) is 2.26. The molecule has 0 aromatic carbocycles. The molecule has 76 valence electrons. The van der Waals surface area contributed by atoms with E-state index in [1.54, 1.807) is 6.20 Å². The number of nitrogens with zero attached hydrogens (tertiary/aromatic N) is 1. The molecule has 0 N–H and O–H groups in total. The van der Waals surface area contributed by atoms with E-state index >= 15 is 0 Å². The summed E-state index contributed by atoms with van der Waals surface area (Å²) in [7, 11) is 0. The van der Waals surface area contributed by atoms with Crippen LogP contribution in [-0.2, 0) is 0 Å². The molecule has 0 atom stereocenters. The van der Waals surface area contributed by atoms with E-state index < -0.39 is 0 Å². The standard InChI is InChI=1S/C11H13N.C2H6/c1-4-6-9(2)11-10(3)7-5-8-12-11;1-2/h4-8H,3H2,1-2H3;1-2H3/b6-4-,11-9+;. The van der Waals surface area contributed by atoms with Gasteiger partial charge in [0.15, 0.2) is 0 Å². The fourth-order valence-electron chi connectivity index (χ4n) is 1.12. The van der Waals surface area contributed by atoms with E-state index in [2.05, 4.69) is 11.6 Å². The van der Waals surface area contributed by atoms with E-state index in [0.29, 0.717) is 0 Å². The molecule has 1 rings (SSSR count). The highest BCUT2D eigenvalue weighted by molar-refractivity contribution is 5.52. The number of hydrogen-bond acceptors (Lipinski definition) is 1. The van der Waals surface area contributed by atoms with Crippen LogP contribution in [0.5, 0.6) is 0 Å². The Bertz CT molecular complexity index is 388. The van der Waals surface area contributed by atoms with Gasteiger partial charge in [0.25, 0.3) is 0 Å². The van der Waals surface area contributed by atoms with Gasteiger partial charge in [0, 0.05) is 6.20 Å². The zero-order valence-electron chi connectivity index (χ0n) is 9.54. The Labute approximate surface area is 86.5 Å². The van der Waals surface area contributed by atoms with Crippen LogP contribution >= 0.6 is 0 Å². The first kappa shape index (κ1) is 12.6. The molecule has 1 heteroatoms. The second-order valence-corrected chi connectivity index (χ2v) is 2.69. The molecular weight excluding hydrogens is 170 g/mol. The average molecular weight is 189 g/mol. The maximum Gasteiger partial charge on any atom is 0.0724 e. The molecule has 0 fully saturated rings. The Kier molecular flexibility index (Phi) is 6.38. The van der Waals surface area contributed by atoms with Crippen LogP contribution in [0.4, 0.5) is 0 Å². The van der Waals surface area contributed by atoms with Crippen LogP contribution in [0.3, 0.4) is 0 Å². The highest BCUT2D eigenvalue weighted by Gasteiger charge is 1.86. The van der Waals surface area contributed by atoms with E-state index in [4.69, 9.17) is 0 Å². The van der Waals surface area contributed by atoms with Crippen LogP contribution in [0.15, 0.2) is 30.5 Å². The largest absolute Gasteiger partial charge is 0.256 e. The Morgan fingerprint density at radius 2 is 2.07 bits per heavy atom. The number of rotatable bonds is 1. The highest BCUT2D eigenvalue weighted by Crippen LogP contribution is 1.89. The minimum atomic E-state index is 0.980. The molecule has 0 saturated carbocycles. The van der Waals surface area contributed by atoms with Gasteiger partial charge in [-0.3, -0.25) is 4.98 Å². The second kappa shape index (κ2) is 7.07. The smallest absolute Gasteiger partial charge is 0.0724 e. The van der Waals surface area contributed by atoms with E-state index in [0.717, 1.165) is 16.1 Å². The molecule has 1 aromatic heterocycles. The summed E-state index contributed by atoms with van der Waals surface area (Å²) in [5.41, 5.74) is 1.16. The van der Waals surface area contributed by atoms with Crippen molar-refractivity contribution in [3.05, 3.63) is 41.0 Å². The molecule has 0 radical (unpaired) electrons. The molecule has 0 saturated heterocycles. The molecule has 0 amide bonds. The quantitative estimate of drug-likeness (QED) is 0.660. The lowest BCUT2D eigenvalue weighted by Gasteiger charge is -1.91. The van der Waals surface area contributed by atoms with Gasteiger partial charge in [-0.05, 0) is 30.7 Å². The minimum absolute atomic E-state index is 0.980. The zero-order chi connectivity index (χ0) is 11.0. The first-order valence-corrected chi connectivity index (χ1v) is 4.99. The zero-order valence-corrected chi connectivity index (χ0v) is 9.54. The monoisotopic (exact) mass is 189 g/mol. The Hall–Kier alpha value is -1.37. The molecule has 0 aliphatic heterocycles. The molecule has 0 spiro atoms. The van der Waals surface area contributed by atoms with Crippen molar-refractivity contribution in [3.8, 4) is 0 Å². The summed E-state index contributed by atoms with van der Waals surface area (Å²) in [5.74, 6) is 0. The molecule has 14 heavy (non-hydrogen) atoms. The third kappa shape index (κ3) is 3.56. The van der Waals surface area contributed by atoms with Crippen LogP contribution < -0.4 is 10.6 Å². The summed E-state index contributed by atoms with van der Waals surface area (Å²) >= 11 is 0. The summed E-state index contributed by atoms with van der Waals surface area (Å²) in [6.45, 7) is 11.9. The van der Waals surface area contributed by atoms with E-state index in [-0.39, 0.29) is 0 Å². The molecule has 1 heterocycles. The molecule has 0 bridgehead atoms. The van der Waals surface area contributed by atoms with E-state index in [1.807, 2.05) is 52.0 Å². The van der Waals surface area contributed by atoms with Gasteiger partial charge in [0.05, 0.1) is 5.35 Å². The summed E-state index contributed by atoms with van der Waals surface area (Å²) in [4.78, 5) is 4.25. The van der Waals surface area contributed by atoms with Crippen molar-refractivity contribution in [2.24, 2.45) is 0 Å². The molecular formula is C13H19N. The first-order valence-electron chi connectivity index (χ1n) is 4.99. The van der Waals surface area contributed by atoms with E-state index in [9.17, 15) is 0 Å². The highest BCUT2D eigenvalue weighted by atomic mass is 14.6. The van der Waals surface area contributed by atoms with Crippen molar-refractivity contribution >= 4 is 12.2 Å². The molecule has 0 aliphatic rings. The third-order valence-corrected chi connectivity index (χ3v) is 1.68. The van der Waals surface area contributed by atoms with Crippen molar-refractivity contribution < 1.29 is 0 Å². The first-order chi connectivity index (χ1) is 6.75. The fourth-order valence-corrected chi connectivity index (χ4v) is 1.12. The van der Waals surface area contributed by atoms with Crippen LogP contribution in [0.1, 0.15) is 27.7 Å². The van der Waals surface area contributed by atoms with Gasteiger partial charge in [-0.1, -0.05) is 38.6 Å². The second-order valence-electron chi connectivity index (χ2n) is 2.69. The number of pyridine rings is 1. The lowest BCUT2D eigenvalue weighted by molar-refractivity contribution is 1.21. The van der Waals surface area contributed by atoms with Crippen molar-refractivity contribution in [2.75, 3.05) is 0 Å². The SMILES string of the molecule is C=c1cccn/c1=C(C)/C=C\C.CC. The maximum atomic E-state index is 4.25. The van der Waals surface area contributed by atoms with Crippen molar-refractivity contribution in [1.29, 1.82) is 0 Å². The minimum Gasteiger partial charge on any atom is -0.256 e. The van der Waals surface area contributed by atoms with Gasteiger partial charge in [-0.15, -0.1) is 0 Å². The van der Waals surface area contributed by atoms with Crippen LogP contribution in [0.25, 0.3) is 12.2 Å². The number of hydrogen-bond donors (Lipinski definition) is 0. The third-order valence-electron chi connectivity index (χ3n) is 1.68. The maximum absolute atomic E-state index is 4.25. The number of aromatic nitrogens is 1. The van der Waals surface area contributed by atoms with Gasteiger partial charge in [-0.25, -0.2) is 0 Å². The summed E-state index contributed by atoms with van der Waals surface area (Å²) in [5, 5.41) is 1.96. The molecule has 1 nitrogen and oxygen atoms in total. The van der Waals surface area contributed by atoms with Gasteiger partial charge < -0.3 is 0 Å². The van der Waals surface area contributed by atoms with Crippen molar-refractivity contribution in [1.82, 2.24) is 4.98 Å². The van der Waals surface area contributed by atoms with Crippen molar-refractivity contribution in [3.63, 3.8) is 0 Å². The molecule has 1 aromatic rings.